The molecule has 1 N–H and O–H groups in total. The number of carbonyl (C=O) groups excluding carboxylic acids is 1. The average molecular weight is 336 g/mol. The van der Waals surface area contributed by atoms with Gasteiger partial charge in [0.2, 0.25) is 0 Å². The monoisotopic (exact) mass is 336 g/mol. The molecule has 0 bridgehead atoms. The minimum Gasteiger partial charge on any atom is -0.378 e. The second kappa shape index (κ2) is 6.92. The summed E-state index contributed by atoms with van der Waals surface area (Å²) < 4.78 is 45.2. The van der Waals surface area contributed by atoms with Crippen LogP contribution in [0.15, 0.2) is 36.4 Å². The van der Waals surface area contributed by atoms with E-state index in [1.807, 2.05) is 6.07 Å². The van der Waals surface area contributed by atoms with Gasteiger partial charge in [-0.05, 0) is 30.3 Å². The quantitative estimate of drug-likeness (QED) is 0.876. The van der Waals surface area contributed by atoms with Crippen LogP contribution in [0.2, 0.25) is 0 Å². The van der Waals surface area contributed by atoms with E-state index < -0.39 is 28.9 Å². The molecular weight excluding hydrogens is 321 g/mol. The Morgan fingerprint density at radius 2 is 1.79 bits per heavy atom. The summed E-state index contributed by atoms with van der Waals surface area (Å²) in [6.07, 6.45) is 0. The summed E-state index contributed by atoms with van der Waals surface area (Å²) in [5.74, 6) is -5.34. The van der Waals surface area contributed by atoms with Crippen molar-refractivity contribution < 1.29 is 22.7 Å². The van der Waals surface area contributed by atoms with Crippen LogP contribution in [0, 0.1) is 17.5 Å². The van der Waals surface area contributed by atoms with E-state index in [0.717, 1.165) is 30.9 Å². The van der Waals surface area contributed by atoms with Gasteiger partial charge in [0.15, 0.2) is 17.5 Å². The van der Waals surface area contributed by atoms with Crippen LogP contribution in [0.4, 0.5) is 24.5 Å². The number of ether oxygens (including phenoxy) is 1. The number of carbonyl (C=O) groups is 1. The van der Waals surface area contributed by atoms with Crippen molar-refractivity contribution in [3.05, 3.63) is 59.4 Å². The molecule has 1 aliphatic rings. The Bertz CT molecular complexity index is 761. The molecule has 1 amide bonds. The highest BCUT2D eigenvalue weighted by Gasteiger charge is 2.19. The van der Waals surface area contributed by atoms with Crippen LogP contribution in [-0.2, 0) is 4.74 Å². The Morgan fingerprint density at radius 3 is 2.54 bits per heavy atom. The number of nitrogens with one attached hydrogen (secondary N) is 1. The number of hydrogen-bond acceptors (Lipinski definition) is 3. The average Bonchev–Trinajstić information content (AvgIpc) is 2.60. The van der Waals surface area contributed by atoms with Crippen molar-refractivity contribution in [2.24, 2.45) is 0 Å². The third kappa shape index (κ3) is 3.35. The molecule has 1 heterocycles. The summed E-state index contributed by atoms with van der Waals surface area (Å²) in [4.78, 5) is 14.2. The lowest BCUT2D eigenvalue weighted by atomic mass is 10.1. The number of nitrogens with zero attached hydrogens (tertiary/aromatic N) is 1. The van der Waals surface area contributed by atoms with Crippen molar-refractivity contribution in [1.82, 2.24) is 0 Å². The SMILES string of the molecule is O=C(Nc1cccc(N2CCOCC2)c1)c1ccc(F)c(F)c1F. The number of morpholine rings is 1. The largest absolute Gasteiger partial charge is 0.378 e. The van der Waals surface area contributed by atoms with E-state index in [-0.39, 0.29) is 0 Å². The standard InChI is InChI=1S/C17H15F3N2O2/c18-14-5-4-13(15(19)16(14)20)17(23)21-11-2-1-3-12(10-11)22-6-8-24-9-7-22/h1-5,10H,6-9H2,(H,21,23). The molecule has 4 nitrogen and oxygen atoms in total. The Kier molecular flexibility index (Phi) is 4.71. The normalized spacial score (nSPS) is 14.5. The second-order valence-electron chi connectivity index (χ2n) is 5.33. The van der Waals surface area contributed by atoms with E-state index in [1.165, 1.54) is 0 Å². The van der Waals surface area contributed by atoms with Crippen LogP contribution < -0.4 is 10.2 Å². The van der Waals surface area contributed by atoms with E-state index in [4.69, 9.17) is 4.74 Å². The Balaban J connectivity index is 1.78. The molecule has 3 rings (SSSR count). The molecule has 0 radical (unpaired) electrons. The molecule has 2 aromatic carbocycles. The van der Waals surface area contributed by atoms with Crippen LogP contribution in [-0.4, -0.2) is 32.2 Å². The van der Waals surface area contributed by atoms with Gasteiger partial charge in [-0.2, -0.15) is 0 Å². The van der Waals surface area contributed by atoms with Gasteiger partial charge in [-0.1, -0.05) is 6.07 Å². The lowest BCUT2D eigenvalue weighted by Gasteiger charge is -2.29. The van der Waals surface area contributed by atoms with Crippen molar-refractivity contribution >= 4 is 17.3 Å². The van der Waals surface area contributed by atoms with E-state index in [1.54, 1.807) is 18.2 Å². The fourth-order valence-corrected chi connectivity index (χ4v) is 2.50. The minimum atomic E-state index is -1.66. The third-order valence-corrected chi connectivity index (χ3v) is 3.76. The van der Waals surface area contributed by atoms with Gasteiger partial charge in [0, 0.05) is 24.5 Å². The van der Waals surface area contributed by atoms with Crippen LogP contribution in [0.25, 0.3) is 0 Å². The van der Waals surface area contributed by atoms with Crippen LogP contribution in [0.3, 0.4) is 0 Å². The van der Waals surface area contributed by atoms with Gasteiger partial charge >= 0.3 is 0 Å². The molecule has 0 aromatic heterocycles. The molecule has 2 aromatic rings. The number of anilines is 2. The summed E-state index contributed by atoms with van der Waals surface area (Å²) in [5, 5.41) is 2.50. The van der Waals surface area contributed by atoms with Gasteiger partial charge in [0.05, 0.1) is 18.8 Å². The number of rotatable bonds is 3. The highest BCUT2D eigenvalue weighted by molar-refractivity contribution is 6.04. The van der Waals surface area contributed by atoms with E-state index in [9.17, 15) is 18.0 Å². The van der Waals surface area contributed by atoms with Crippen molar-refractivity contribution in [3.8, 4) is 0 Å². The van der Waals surface area contributed by atoms with Gasteiger partial charge in [-0.15, -0.1) is 0 Å². The van der Waals surface area contributed by atoms with Crippen LogP contribution in [0.1, 0.15) is 10.4 Å². The molecule has 1 fully saturated rings. The highest BCUT2D eigenvalue weighted by Crippen LogP contribution is 2.22. The van der Waals surface area contributed by atoms with Crippen molar-refractivity contribution in [2.45, 2.75) is 0 Å². The summed E-state index contributed by atoms with van der Waals surface area (Å²) in [6.45, 7) is 2.71. The van der Waals surface area contributed by atoms with Gasteiger partial charge in [-0.3, -0.25) is 4.79 Å². The van der Waals surface area contributed by atoms with E-state index in [2.05, 4.69) is 10.2 Å². The van der Waals surface area contributed by atoms with Crippen LogP contribution >= 0.6 is 0 Å². The fourth-order valence-electron chi connectivity index (χ4n) is 2.50. The first kappa shape index (κ1) is 16.3. The number of benzene rings is 2. The van der Waals surface area contributed by atoms with Gasteiger partial charge in [0.1, 0.15) is 0 Å². The molecule has 24 heavy (non-hydrogen) atoms. The predicted octanol–water partition coefficient (Wildman–Crippen LogP) is 3.19. The first-order valence-electron chi connectivity index (χ1n) is 7.44. The molecule has 0 aliphatic carbocycles. The maximum atomic E-state index is 13.7. The zero-order chi connectivity index (χ0) is 17.1. The Hall–Kier alpha value is -2.54. The molecule has 126 valence electrons. The smallest absolute Gasteiger partial charge is 0.258 e. The Labute approximate surface area is 136 Å². The number of amides is 1. The van der Waals surface area contributed by atoms with Gasteiger partial charge < -0.3 is 15.0 Å². The predicted molar refractivity (Wildman–Crippen MR) is 83.7 cm³/mol. The maximum absolute atomic E-state index is 13.7. The topological polar surface area (TPSA) is 41.6 Å². The summed E-state index contributed by atoms with van der Waals surface area (Å²) >= 11 is 0. The fraction of sp³-hybridized carbons (Fsp3) is 0.235. The van der Waals surface area contributed by atoms with Gasteiger partial charge in [-0.25, -0.2) is 13.2 Å². The summed E-state index contributed by atoms with van der Waals surface area (Å²) in [7, 11) is 0. The van der Waals surface area contributed by atoms with E-state index >= 15 is 0 Å². The molecule has 0 unspecified atom stereocenters. The zero-order valence-electron chi connectivity index (χ0n) is 12.7. The first-order valence-corrected chi connectivity index (χ1v) is 7.44. The van der Waals surface area contributed by atoms with Crippen molar-refractivity contribution in [2.75, 3.05) is 36.5 Å². The second-order valence-corrected chi connectivity index (χ2v) is 5.33. The molecule has 1 aliphatic heterocycles. The first-order chi connectivity index (χ1) is 11.6. The molecule has 0 saturated carbocycles. The third-order valence-electron chi connectivity index (χ3n) is 3.76. The zero-order valence-corrected chi connectivity index (χ0v) is 12.7. The molecule has 0 spiro atoms. The van der Waals surface area contributed by atoms with Crippen molar-refractivity contribution in [3.63, 3.8) is 0 Å². The van der Waals surface area contributed by atoms with Gasteiger partial charge in [0.25, 0.3) is 5.91 Å². The molecule has 1 saturated heterocycles. The highest BCUT2D eigenvalue weighted by atomic mass is 19.2. The molecule has 7 heteroatoms. The maximum Gasteiger partial charge on any atom is 0.258 e. The molecular formula is C17H15F3N2O2. The lowest BCUT2D eigenvalue weighted by molar-refractivity contribution is 0.102. The lowest BCUT2D eigenvalue weighted by Crippen LogP contribution is -2.36. The summed E-state index contributed by atoms with van der Waals surface area (Å²) in [6, 6.07) is 8.65. The van der Waals surface area contributed by atoms with Crippen LogP contribution in [0.5, 0.6) is 0 Å². The molecule has 0 atom stereocenters. The number of halogens is 3. The minimum absolute atomic E-state index is 0.438. The Morgan fingerprint density at radius 1 is 1.04 bits per heavy atom. The van der Waals surface area contributed by atoms with E-state index in [0.29, 0.717) is 18.9 Å². The van der Waals surface area contributed by atoms with Crippen molar-refractivity contribution in [1.29, 1.82) is 0 Å². The summed E-state index contributed by atoms with van der Waals surface area (Å²) in [5.41, 5.74) is 0.778. The number of hydrogen-bond donors (Lipinski definition) is 1.